The molecule has 3 unspecified atom stereocenters. The molecule has 1 fully saturated rings. The molecule has 19 heavy (non-hydrogen) atoms. The quantitative estimate of drug-likeness (QED) is 0.787. The monoisotopic (exact) mass is 272 g/mol. The third-order valence-corrected chi connectivity index (χ3v) is 3.87. The molecule has 1 saturated heterocycles. The van der Waals surface area contributed by atoms with E-state index in [-0.39, 0.29) is 19.2 Å². The number of carboxylic acids is 1. The Hall–Kier alpha value is -1.30. The third kappa shape index (κ3) is 3.59. The van der Waals surface area contributed by atoms with E-state index in [9.17, 15) is 14.7 Å². The van der Waals surface area contributed by atoms with Crippen molar-refractivity contribution in [2.24, 2.45) is 11.3 Å². The molecule has 0 spiro atoms. The van der Waals surface area contributed by atoms with Crippen molar-refractivity contribution >= 4 is 12.0 Å². The molecular weight excluding hydrogens is 248 g/mol. The van der Waals surface area contributed by atoms with Gasteiger partial charge in [0.05, 0.1) is 19.3 Å². The van der Waals surface area contributed by atoms with E-state index in [4.69, 9.17) is 4.74 Å². The maximum atomic E-state index is 12.0. The van der Waals surface area contributed by atoms with Gasteiger partial charge in [-0.2, -0.15) is 0 Å². The summed E-state index contributed by atoms with van der Waals surface area (Å²) in [5, 5.41) is 12.0. The molecule has 3 atom stereocenters. The summed E-state index contributed by atoms with van der Waals surface area (Å²) in [5.41, 5.74) is -1.05. The molecule has 0 aromatic carbocycles. The zero-order valence-corrected chi connectivity index (χ0v) is 12.1. The summed E-state index contributed by atoms with van der Waals surface area (Å²) in [6.45, 7) is 6.77. The van der Waals surface area contributed by atoms with Gasteiger partial charge in [0.2, 0.25) is 0 Å². The van der Waals surface area contributed by atoms with Crippen molar-refractivity contribution in [3.8, 4) is 0 Å². The second kappa shape index (κ2) is 6.23. The maximum absolute atomic E-state index is 12.0. The lowest BCUT2D eigenvalue weighted by Gasteiger charge is -2.28. The number of carboxylic acid groups (broad SMARTS) is 1. The number of rotatable bonds is 5. The predicted molar refractivity (Wildman–Crippen MR) is 71.0 cm³/mol. The molecule has 1 aliphatic rings. The predicted octanol–water partition coefficient (Wildman–Crippen LogP) is 1.16. The van der Waals surface area contributed by atoms with Crippen LogP contribution in [0.25, 0.3) is 0 Å². The first-order valence-electron chi connectivity index (χ1n) is 6.64. The van der Waals surface area contributed by atoms with Crippen molar-refractivity contribution in [1.29, 1.82) is 0 Å². The molecule has 0 aromatic rings. The van der Waals surface area contributed by atoms with Crippen LogP contribution in [0.15, 0.2) is 0 Å². The molecular formula is C13H24N2O4. The maximum Gasteiger partial charge on any atom is 0.317 e. The standard InChI is InChI=1S/C13H24N2O4/c1-5-9(2)6-15(4)12(18)14-10-7-19-8-13(10,3)11(16)17/h9-10H,5-8H2,1-4H3,(H,14,18)(H,16,17). The minimum atomic E-state index is -1.05. The van der Waals surface area contributed by atoms with Crippen LogP contribution in [0.1, 0.15) is 27.2 Å². The molecule has 2 amide bonds. The Labute approximate surface area is 114 Å². The SMILES string of the molecule is CCC(C)CN(C)C(=O)NC1COCC1(C)C(=O)O. The summed E-state index contributed by atoms with van der Waals surface area (Å²) in [4.78, 5) is 24.9. The lowest BCUT2D eigenvalue weighted by Crippen LogP contribution is -2.53. The van der Waals surface area contributed by atoms with E-state index in [2.05, 4.69) is 19.2 Å². The van der Waals surface area contributed by atoms with Crippen LogP contribution in [0.2, 0.25) is 0 Å². The molecule has 6 heteroatoms. The van der Waals surface area contributed by atoms with Crippen molar-refractivity contribution in [2.75, 3.05) is 26.8 Å². The van der Waals surface area contributed by atoms with Gasteiger partial charge in [-0.15, -0.1) is 0 Å². The summed E-state index contributed by atoms with van der Waals surface area (Å²) in [6.07, 6.45) is 0.997. The highest BCUT2D eigenvalue weighted by molar-refractivity contribution is 5.79. The minimum absolute atomic E-state index is 0.127. The molecule has 2 N–H and O–H groups in total. The molecule has 6 nitrogen and oxygen atoms in total. The number of nitrogens with zero attached hydrogens (tertiary/aromatic N) is 1. The molecule has 1 rings (SSSR count). The first kappa shape index (κ1) is 15.8. The summed E-state index contributed by atoms with van der Waals surface area (Å²) in [6, 6.07) is -0.736. The number of hydrogen-bond donors (Lipinski definition) is 2. The molecule has 1 heterocycles. The van der Waals surface area contributed by atoms with Crippen molar-refractivity contribution in [1.82, 2.24) is 10.2 Å². The van der Waals surface area contributed by atoms with Crippen molar-refractivity contribution < 1.29 is 19.4 Å². The first-order chi connectivity index (χ1) is 8.81. The van der Waals surface area contributed by atoms with E-state index in [0.717, 1.165) is 6.42 Å². The second-order valence-corrected chi connectivity index (χ2v) is 5.63. The van der Waals surface area contributed by atoms with Gasteiger partial charge in [0.25, 0.3) is 0 Å². The largest absolute Gasteiger partial charge is 0.481 e. The fraction of sp³-hybridized carbons (Fsp3) is 0.846. The van der Waals surface area contributed by atoms with Crippen LogP contribution < -0.4 is 5.32 Å². The van der Waals surface area contributed by atoms with Gasteiger partial charge in [-0.05, 0) is 12.8 Å². The van der Waals surface area contributed by atoms with Gasteiger partial charge in [-0.3, -0.25) is 4.79 Å². The van der Waals surface area contributed by atoms with Crippen molar-refractivity contribution in [3.05, 3.63) is 0 Å². The number of aliphatic carboxylic acids is 1. The van der Waals surface area contributed by atoms with Crippen LogP contribution in [0.5, 0.6) is 0 Å². The van der Waals surface area contributed by atoms with Gasteiger partial charge in [0, 0.05) is 13.6 Å². The van der Waals surface area contributed by atoms with Crippen LogP contribution in [-0.4, -0.2) is 54.9 Å². The number of hydrogen-bond acceptors (Lipinski definition) is 3. The van der Waals surface area contributed by atoms with Crippen LogP contribution >= 0.6 is 0 Å². The number of urea groups is 1. The van der Waals surface area contributed by atoms with Gasteiger partial charge in [0.1, 0.15) is 5.41 Å². The Bertz CT molecular complexity index is 348. The number of ether oxygens (including phenoxy) is 1. The normalized spacial score (nSPS) is 27.9. The number of carbonyl (C=O) groups excluding carboxylic acids is 1. The number of amides is 2. The highest BCUT2D eigenvalue weighted by Gasteiger charge is 2.47. The van der Waals surface area contributed by atoms with Crippen LogP contribution in [0.3, 0.4) is 0 Å². The van der Waals surface area contributed by atoms with E-state index in [1.807, 2.05) is 0 Å². The lowest BCUT2D eigenvalue weighted by molar-refractivity contribution is -0.148. The number of nitrogens with one attached hydrogen (secondary N) is 1. The molecule has 0 radical (unpaired) electrons. The molecule has 1 aliphatic heterocycles. The minimum Gasteiger partial charge on any atom is -0.481 e. The van der Waals surface area contributed by atoms with E-state index < -0.39 is 17.4 Å². The van der Waals surface area contributed by atoms with Crippen LogP contribution in [0.4, 0.5) is 4.79 Å². The Morgan fingerprint density at radius 2 is 2.21 bits per heavy atom. The Kier molecular flexibility index (Phi) is 5.17. The Morgan fingerprint density at radius 3 is 2.74 bits per heavy atom. The Balaban J connectivity index is 2.59. The molecule has 0 bridgehead atoms. The highest BCUT2D eigenvalue weighted by Crippen LogP contribution is 2.28. The zero-order valence-electron chi connectivity index (χ0n) is 12.1. The molecule has 0 aromatic heterocycles. The van der Waals surface area contributed by atoms with E-state index in [0.29, 0.717) is 12.5 Å². The summed E-state index contributed by atoms with van der Waals surface area (Å²) < 4.78 is 5.20. The van der Waals surface area contributed by atoms with E-state index in [1.54, 1.807) is 18.9 Å². The van der Waals surface area contributed by atoms with Gasteiger partial charge in [-0.25, -0.2) is 4.79 Å². The highest BCUT2D eigenvalue weighted by atomic mass is 16.5. The average molecular weight is 272 g/mol. The third-order valence-electron chi connectivity index (χ3n) is 3.87. The lowest BCUT2D eigenvalue weighted by atomic mass is 9.85. The first-order valence-corrected chi connectivity index (χ1v) is 6.64. The summed E-state index contributed by atoms with van der Waals surface area (Å²) in [5.74, 6) is -0.527. The van der Waals surface area contributed by atoms with E-state index in [1.165, 1.54) is 0 Å². The average Bonchev–Trinajstić information content (AvgIpc) is 2.72. The smallest absolute Gasteiger partial charge is 0.317 e. The van der Waals surface area contributed by atoms with Gasteiger partial charge >= 0.3 is 12.0 Å². The summed E-state index contributed by atoms with van der Waals surface area (Å²) in [7, 11) is 1.72. The van der Waals surface area contributed by atoms with Gasteiger partial charge in [-0.1, -0.05) is 20.3 Å². The topological polar surface area (TPSA) is 78.9 Å². The molecule has 110 valence electrons. The summed E-state index contributed by atoms with van der Waals surface area (Å²) >= 11 is 0. The van der Waals surface area contributed by atoms with Crippen LogP contribution in [0, 0.1) is 11.3 Å². The fourth-order valence-electron chi connectivity index (χ4n) is 2.02. The van der Waals surface area contributed by atoms with Gasteiger partial charge < -0.3 is 20.1 Å². The second-order valence-electron chi connectivity index (χ2n) is 5.63. The van der Waals surface area contributed by atoms with Crippen LogP contribution in [-0.2, 0) is 9.53 Å². The Morgan fingerprint density at radius 1 is 1.58 bits per heavy atom. The molecule has 0 aliphatic carbocycles. The number of carbonyl (C=O) groups is 2. The van der Waals surface area contributed by atoms with Gasteiger partial charge in [0.15, 0.2) is 0 Å². The fourth-order valence-corrected chi connectivity index (χ4v) is 2.02. The van der Waals surface area contributed by atoms with Crippen molar-refractivity contribution in [3.63, 3.8) is 0 Å². The molecule has 0 saturated carbocycles. The zero-order chi connectivity index (χ0) is 14.6. The van der Waals surface area contributed by atoms with Crippen molar-refractivity contribution in [2.45, 2.75) is 33.2 Å². The van der Waals surface area contributed by atoms with E-state index >= 15 is 0 Å².